The predicted octanol–water partition coefficient (Wildman–Crippen LogP) is 4.53. The molecule has 96 valence electrons. The lowest BCUT2D eigenvalue weighted by Crippen LogP contribution is -2.33. The Bertz CT molecular complexity index is 328. The quantitative estimate of drug-likeness (QED) is 0.688. The Labute approximate surface area is 106 Å². The van der Waals surface area contributed by atoms with Gasteiger partial charge in [-0.2, -0.15) is 0 Å². The third kappa shape index (κ3) is 4.51. The first kappa shape index (κ1) is 14.2. The summed E-state index contributed by atoms with van der Waals surface area (Å²) < 4.78 is 0. The second kappa shape index (κ2) is 6.80. The van der Waals surface area contributed by atoms with Crippen molar-refractivity contribution >= 4 is 0 Å². The highest BCUT2D eigenvalue weighted by Gasteiger charge is 2.21. The molecule has 0 fully saturated rings. The van der Waals surface area contributed by atoms with Crippen LogP contribution in [0.15, 0.2) is 24.3 Å². The summed E-state index contributed by atoms with van der Waals surface area (Å²) in [6, 6.07) is 8.49. The zero-order valence-electron chi connectivity index (χ0n) is 11.6. The van der Waals surface area contributed by atoms with E-state index in [0.29, 0.717) is 0 Å². The van der Waals surface area contributed by atoms with Gasteiger partial charge in [0.1, 0.15) is 0 Å². The van der Waals surface area contributed by atoms with Crippen LogP contribution in [0.25, 0.3) is 0 Å². The molecule has 17 heavy (non-hydrogen) atoms. The van der Waals surface area contributed by atoms with Gasteiger partial charge >= 0.3 is 0 Å². The standard InChI is InChI=1S/C16H27N/c1-4-5-6-7-10-13-16(3,17)15-12-9-8-11-14(15)2/h8-9,11-12H,4-7,10,13,17H2,1-3H3. The smallest absolute Gasteiger partial charge is 0.0383 e. The molecule has 0 aromatic heterocycles. The Morgan fingerprint density at radius 1 is 1.06 bits per heavy atom. The van der Waals surface area contributed by atoms with E-state index >= 15 is 0 Å². The molecule has 0 aliphatic heterocycles. The van der Waals surface area contributed by atoms with Crippen LogP contribution in [-0.2, 0) is 5.54 Å². The summed E-state index contributed by atoms with van der Waals surface area (Å²) in [6.07, 6.45) is 7.64. The maximum atomic E-state index is 6.45. The van der Waals surface area contributed by atoms with Crippen molar-refractivity contribution in [2.45, 2.75) is 64.8 Å². The van der Waals surface area contributed by atoms with Crippen LogP contribution in [-0.4, -0.2) is 0 Å². The molecule has 0 aliphatic carbocycles. The number of aryl methyl sites for hydroxylation is 1. The van der Waals surface area contributed by atoms with Crippen LogP contribution in [0.5, 0.6) is 0 Å². The van der Waals surface area contributed by atoms with Crippen molar-refractivity contribution in [3.05, 3.63) is 35.4 Å². The molecule has 1 atom stereocenters. The molecule has 1 aromatic carbocycles. The summed E-state index contributed by atoms with van der Waals surface area (Å²) in [5, 5.41) is 0. The van der Waals surface area contributed by atoms with Crippen LogP contribution in [0.1, 0.15) is 63.5 Å². The maximum Gasteiger partial charge on any atom is 0.0383 e. The summed E-state index contributed by atoms with van der Waals surface area (Å²) in [4.78, 5) is 0. The van der Waals surface area contributed by atoms with Crippen molar-refractivity contribution in [3.8, 4) is 0 Å². The van der Waals surface area contributed by atoms with Crippen molar-refractivity contribution in [3.63, 3.8) is 0 Å². The molecule has 0 bridgehead atoms. The van der Waals surface area contributed by atoms with Gasteiger partial charge in [-0.3, -0.25) is 0 Å². The first-order valence-corrected chi connectivity index (χ1v) is 6.93. The highest BCUT2D eigenvalue weighted by atomic mass is 14.7. The zero-order valence-corrected chi connectivity index (χ0v) is 11.6. The van der Waals surface area contributed by atoms with Crippen LogP contribution in [0, 0.1) is 6.92 Å². The van der Waals surface area contributed by atoms with E-state index in [1.807, 2.05) is 0 Å². The Balaban J connectivity index is 2.48. The van der Waals surface area contributed by atoms with Gasteiger partial charge in [0, 0.05) is 5.54 Å². The van der Waals surface area contributed by atoms with Gasteiger partial charge in [0.2, 0.25) is 0 Å². The molecule has 2 N–H and O–H groups in total. The van der Waals surface area contributed by atoms with E-state index in [0.717, 1.165) is 6.42 Å². The lowest BCUT2D eigenvalue weighted by molar-refractivity contribution is 0.420. The highest BCUT2D eigenvalue weighted by Crippen LogP contribution is 2.26. The van der Waals surface area contributed by atoms with Gasteiger partial charge in [-0.05, 0) is 31.4 Å². The number of rotatable bonds is 7. The number of benzene rings is 1. The average molecular weight is 233 g/mol. The van der Waals surface area contributed by atoms with Crippen LogP contribution >= 0.6 is 0 Å². The van der Waals surface area contributed by atoms with E-state index in [2.05, 4.69) is 45.0 Å². The van der Waals surface area contributed by atoms with E-state index < -0.39 is 0 Å². The largest absolute Gasteiger partial charge is 0.322 e. The number of nitrogens with two attached hydrogens (primary N) is 1. The Kier molecular flexibility index (Phi) is 5.70. The fraction of sp³-hybridized carbons (Fsp3) is 0.625. The normalized spacial score (nSPS) is 14.6. The average Bonchev–Trinajstić information content (AvgIpc) is 2.29. The van der Waals surface area contributed by atoms with Crippen molar-refractivity contribution in [1.82, 2.24) is 0 Å². The van der Waals surface area contributed by atoms with Crippen molar-refractivity contribution in [2.24, 2.45) is 5.73 Å². The minimum absolute atomic E-state index is 0.169. The molecule has 0 amide bonds. The molecule has 1 aromatic rings. The Hall–Kier alpha value is -0.820. The van der Waals surface area contributed by atoms with Gasteiger partial charge < -0.3 is 5.73 Å². The molecule has 1 nitrogen and oxygen atoms in total. The second-order valence-corrected chi connectivity index (χ2v) is 5.40. The molecule has 1 unspecified atom stereocenters. The Morgan fingerprint density at radius 3 is 2.35 bits per heavy atom. The first-order chi connectivity index (χ1) is 8.08. The van der Waals surface area contributed by atoms with Gasteiger partial charge in [-0.1, -0.05) is 63.3 Å². The van der Waals surface area contributed by atoms with Gasteiger partial charge in [-0.15, -0.1) is 0 Å². The molecule has 0 radical (unpaired) electrons. The third-order valence-corrected chi connectivity index (χ3v) is 3.56. The Morgan fingerprint density at radius 2 is 1.71 bits per heavy atom. The van der Waals surface area contributed by atoms with Gasteiger partial charge in [-0.25, -0.2) is 0 Å². The maximum absolute atomic E-state index is 6.45. The minimum Gasteiger partial charge on any atom is -0.322 e. The van der Waals surface area contributed by atoms with E-state index in [-0.39, 0.29) is 5.54 Å². The van der Waals surface area contributed by atoms with Crippen LogP contribution < -0.4 is 5.73 Å². The molecule has 0 saturated carbocycles. The second-order valence-electron chi connectivity index (χ2n) is 5.40. The van der Waals surface area contributed by atoms with E-state index in [1.54, 1.807) is 0 Å². The van der Waals surface area contributed by atoms with Crippen LogP contribution in [0.2, 0.25) is 0 Å². The zero-order chi connectivity index (χ0) is 12.7. The number of unbranched alkanes of at least 4 members (excludes halogenated alkanes) is 4. The van der Waals surface area contributed by atoms with Gasteiger partial charge in [0.25, 0.3) is 0 Å². The molecule has 0 heterocycles. The van der Waals surface area contributed by atoms with Crippen molar-refractivity contribution in [2.75, 3.05) is 0 Å². The summed E-state index contributed by atoms with van der Waals surface area (Å²) in [5.74, 6) is 0. The van der Waals surface area contributed by atoms with Crippen LogP contribution in [0.4, 0.5) is 0 Å². The van der Waals surface area contributed by atoms with Crippen molar-refractivity contribution in [1.29, 1.82) is 0 Å². The minimum atomic E-state index is -0.169. The molecule has 0 saturated heterocycles. The molecule has 0 spiro atoms. The van der Waals surface area contributed by atoms with E-state index in [4.69, 9.17) is 5.73 Å². The monoisotopic (exact) mass is 233 g/mol. The number of hydrogen-bond acceptors (Lipinski definition) is 1. The summed E-state index contributed by atoms with van der Waals surface area (Å²) in [5.41, 5.74) is 8.90. The van der Waals surface area contributed by atoms with E-state index in [1.165, 1.54) is 43.2 Å². The molecular formula is C16H27N. The first-order valence-electron chi connectivity index (χ1n) is 6.93. The molecule has 1 rings (SSSR count). The van der Waals surface area contributed by atoms with Crippen molar-refractivity contribution < 1.29 is 0 Å². The van der Waals surface area contributed by atoms with Gasteiger partial charge in [0.05, 0.1) is 0 Å². The lowest BCUT2D eigenvalue weighted by atomic mass is 9.85. The fourth-order valence-electron chi connectivity index (χ4n) is 2.44. The number of hydrogen-bond donors (Lipinski definition) is 1. The molecule has 0 aliphatic rings. The summed E-state index contributed by atoms with van der Waals surface area (Å²) in [7, 11) is 0. The van der Waals surface area contributed by atoms with Crippen LogP contribution in [0.3, 0.4) is 0 Å². The topological polar surface area (TPSA) is 26.0 Å². The molecular weight excluding hydrogens is 206 g/mol. The lowest BCUT2D eigenvalue weighted by Gasteiger charge is -2.27. The summed E-state index contributed by atoms with van der Waals surface area (Å²) >= 11 is 0. The summed E-state index contributed by atoms with van der Waals surface area (Å²) in [6.45, 7) is 6.56. The molecule has 1 heteroatoms. The third-order valence-electron chi connectivity index (χ3n) is 3.56. The SMILES string of the molecule is CCCCCCCC(C)(N)c1ccccc1C. The van der Waals surface area contributed by atoms with E-state index in [9.17, 15) is 0 Å². The van der Waals surface area contributed by atoms with Gasteiger partial charge in [0.15, 0.2) is 0 Å². The fourth-order valence-corrected chi connectivity index (χ4v) is 2.44. The highest BCUT2D eigenvalue weighted by molar-refractivity contribution is 5.31. The predicted molar refractivity (Wildman–Crippen MR) is 76.1 cm³/mol.